The maximum absolute atomic E-state index is 11.2. The smallest absolute Gasteiger partial charge is 0.211 e. The first-order chi connectivity index (χ1) is 13.3. The number of hydrogen-bond donors (Lipinski definition) is 2. The molecule has 138 valence electrons. The lowest BCUT2D eigenvalue weighted by Gasteiger charge is -2.36. The van der Waals surface area contributed by atoms with Crippen LogP contribution in [-0.4, -0.2) is 42.8 Å². The standard InChI is InChI=1S/C21H23N5O/c1-16-6-5-7-17(14-16)19-20(22-15-27)21(24-23-19)26-12-10-25(11-13-26)18-8-3-2-4-9-18/h2-9,14-15H,10-13H2,1H3,(H,22,27)(H,23,24). The molecule has 6 heteroatoms. The second kappa shape index (κ2) is 7.53. The number of aromatic nitrogens is 2. The van der Waals surface area contributed by atoms with Gasteiger partial charge in [-0.1, -0.05) is 42.0 Å². The highest BCUT2D eigenvalue weighted by Gasteiger charge is 2.24. The molecule has 0 atom stereocenters. The van der Waals surface area contributed by atoms with E-state index in [1.54, 1.807) is 0 Å². The Hall–Kier alpha value is -3.28. The van der Waals surface area contributed by atoms with Crippen molar-refractivity contribution in [2.75, 3.05) is 41.3 Å². The fourth-order valence-corrected chi connectivity index (χ4v) is 3.58. The Bertz CT molecular complexity index is 913. The van der Waals surface area contributed by atoms with Gasteiger partial charge in [0.25, 0.3) is 0 Å². The Balaban J connectivity index is 1.57. The topological polar surface area (TPSA) is 64.3 Å². The number of aryl methyl sites for hydroxylation is 1. The van der Waals surface area contributed by atoms with Crippen LogP contribution in [0.4, 0.5) is 17.2 Å². The van der Waals surface area contributed by atoms with Crippen LogP contribution in [0.5, 0.6) is 0 Å². The van der Waals surface area contributed by atoms with Crippen LogP contribution in [0.2, 0.25) is 0 Å². The first kappa shape index (κ1) is 17.1. The first-order valence-electron chi connectivity index (χ1n) is 9.17. The summed E-state index contributed by atoms with van der Waals surface area (Å²) in [6, 6.07) is 18.6. The summed E-state index contributed by atoms with van der Waals surface area (Å²) in [5, 5.41) is 10.5. The number of carbonyl (C=O) groups excluding carboxylic acids is 1. The van der Waals surface area contributed by atoms with E-state index in [-0.39, 0.29) is 0 Å². The third-order valence-electron chi connectivity index (χ3n) is 4.96. The van der Waals surface area contributed by atoms with E-state index >= 15 is 0 Å². The monoisotopic (exact) mass is 361 g/mol. The molecule has 0 spiro atoms. The van der Waals surface area contributed by atoms with E-state index in [9.17, 15) is 4.79 Å². The number of anilines is 3. The number of hydrogen-bond acceptors (Lipinski definition) is 4. The van der Waals surface area contributed by atoms with Gasteiger partial charge in [-0.05, 0) is 25.1 Å². The summed E-state index contributed by atoms with van der Waals surface area (Å²) in [5.74, 6) is 0.798. The first-order valence-corrected chi connectivity index (χ1v) is 9.17. The molecule has 1 fully saturated rings. The average molecular weight is 361 g/mol. The number of rotatable bonds is 5. The van der Waals surface area contributed by atoms with E-state index in [0.717, 1.165) is 54.5 Å². The molecule has 1 aliphatic rings. The fourth-order valence-electron chi connectivity index (χ4n) is 3.58. The zero-order chi connectivity index (χ0) is 18.6. The van der Waals surface area contributed by atoms with Gasteiger partial charge in [0, 0.05) is 37.4 Å². The Morgan fingerprint density at radius 3 is 2.44 bits per heavy atom. The van der Waals surface area contributed by atoms with Crippen LogP contribution in [-0.2, 0) is 4.79 Å². The number of H-pyrrole nitrogens is 1. The van der Waals surface area contributed by atoms with Crippen molar-refractivity contribution in [1.29, 1.82) is 0 Å². The zero-order valence-electron chi connectivity index (χ0n) is 15.4. The molecular formula is C21H23N5O. The summed E-state index contributed by atoms with van der Waals surface area (Å²) in [6.07, 6.45) is 0.716. The number of aromatic amines is 1. The summed E-state index contributed by atoms with van der Waals surface area (Å²) in [7, 11) is 0. The number of para-hydroxylation sites is 1. The van der Waals surface area contributed by atoms with Gasteiger partial charge in [-0.25, -0.2) is 0 Å². The average Bonchev–Trinajstić information content (AvgIpc) is 3.13. The minimum absolute atomic E-state index is 0.716. The van der Waals surface area contributed by atoms with Crippen molar-refractivity contribution in [2.45, 2.75) is 6.92 Å². The van der Waals surface area contributed by atoms with E-state index in [2.05, 4.69) is 68.6 Å². The van der Waals surface area contributed by atoms with Gasteiger partial charge in [0.15, 0.2) is 5.82 Å². The van der Waals surface area contributed by atoms with Crippen LogP contribution in [0.15, 0.2) is 54.6 Å². The van der Waals surface area contributed by atoms with Crippen LogP contribution in [0.25, 0.3) is 11.3 Å². The second-order valence-corrected chi connectivity index (χ2v) is 6.74. The van der Waals surface area contributed by atoms with Crippen molar-refractivity contribution in [2.24, 2.45) is 0 Å². The Morgan fingerprint density at radius 1 is 1.00 bits per heavy atom. The maximum Gasteiger partial charge on any atom is 0.211 e. The molecule has 1 amide bonds. The van der Waals surface area contributed by atoms with E-state index in [1.807, 2.05) is 18.2 Å². The molecule has 3 aromatic rings. The largest absolute Gasteiger partial charge is 0.368 e. The predicted octanol–water partition coefficient (Wildman–Crippen LogP) is 3.28. The van der Waals surface area contributed by atoms with Crippen molar-refractivity contribution in [1.82, 2.24) is 10.2 Å². The number of carbonyl (C=O) groups is 1. The minimum Gasteiger partial charge on any atom is -0.368 e. The molecule has 6 nitrogen and oxygen atoms in total. The van der Waals surface area contributed by atoms with Crippen molar-refractivity contribution in [3.05, 3.63) is 60.2 Å². The van der Waals surface area contributed by atoms with Gasteiger partial charge in [-0.15, -0.1) is 0 Å². The molecular weight excluding hydrogens is 338 g/mol. The Morgan fingerprint density at radius 2 is 1.74 bits per heavy atom. The number of nitrogens with one attached hydrogen (secondary N) is 2. The molecule has 1 aliphatic heterocycles. The lowest BCUT2D eigenvalue weighted by Crippen LogP contribution is -2.46. The molecule has 0 saturated carbocycles. The van der Waals surface area contributed by atoms with Gasteiger partial charge in [0.2, 0.25) is 6.41 Å². The van der Waals surface area contributed by atoms with Crippen molar-refractivity contribution < 1.29 is 4.79 Å². The van der Waals surface area contributed by atoms with Crippen LogP contribution >= 0.6 is 0 Å². The lowest BCUT2D eigenvalue weighted by molar-refractivity contribution is -0.105. The highest BCUT2D eigenvalue weighted by Crippen LogP contribution is 2.34. The predicted molar refractivity (Wildman–Crippen MR) is 109 cm³/mol. The molecule has 0 bridgehead atoms. The quantitative estimate of drug-likeness (QED) is 0.685. The Kier molecular flexibility index (Phi) is 4.78. The molecule has 2 aromatic carbocycles. The molecule has 1 saturated heterocycles. The number of amides is 1. The third-order valence-corrected chi connectivity index (χ3v) is 4.96. The van der Waals surface area contributed by atoms with E-state index < -0.39 is 0 Å². The summed E-state index contributed by atoms with van der Waals surface area (Å²) < 4.78 is 0. The minimum atomic E-state index is 0.716. The summed E-state index contributed by atoms with van der Waals surface area (Å²) in [5.41, 5.74) is 5.00. The molecule has 0 aliphatic carbocycles. The molecule has 2 heterocycles. The van der Waals surface area contributed by atoms with Gasteiger partial charge in [-0.3, -0.25) is 9.89 Å². The van der Waals surface area contributed by atoms with Crippen LogP contribution in [0, 0.1) is 6.92 Å². The third kappa shape index (κ3) is 3.51. The number of nitrogens with zero attached hydrogens (tertiary/aromatic N) is 3. The summed E-state index contributed by atoms with van der Waals surface area (Å²) in [4.78, 5) is 15.8. The summed E-state index contributed by atoms with van der Waals surface area (Å²) in [6.45, 7) is 5.58. The highest BCUT2D eigenvalue weighted by molar-refractivity contribution is 5.90. The van der Waals surface area contributed by atoms with Gasteiger partial charge in [-0.2, -0.15) is 5.10 Å². The second-order valence-electron chi connectivity index (χ2n) is 6.74. The number of benzene rings is 2. The Labute approximate surface area is 158 Å². The van der Waals surface area contributed by atoms with Crippen LogP contribution in [0.3, 0.4) is 0 Å². The SMILES string of the molecule is Cc1cccc(-c2[nH]nc(N3CCN(c4ccccc4)CC3)c2NC=O)c1. The van der Waals surface area contributed by atoms with Crippen LogP contribution < -0.4 is 15.1 Å². The molecule has 0 unspecified atom stereocenters. The zero-order valence-corrected chi connectivity index (χ0v) is 15.4. The van der Waals surface area contributed by atoms with Crippen LogP contribution in [0.1, 0.15) is 5.56 Å². The maximum atomic E-state index is 11.2. The van der Waals surface area contributed by atoms with Gasteiger partial charge in [0.1, 0.15) is 5.69 Å². The van der Waals surface area contributed by atoms with E-state index in [0.29, 0.717) is 6.41 Å². The highest BCUT2D eigenvalue weighted by atomic mass is 16.1. The lowest BCUT2D eigenvalue weighted by atomic mass is 10.1. The van der Waals surface area contributed by atoms with Crippen molar-refractivity contribution >= 4 is 23.6 Å². The van der Waals surface area contributed by atoms with E-state index in [1.165, 1.54) is 5.69 Å². The van der Waals surface area contributed by atoms with Crippen molar-refractivity contribution in [3.63, 3.8) is 0 Å². The van der Waals surface area contributed by atoms with Gasteiger partial charge in [0.05, 0.1) is 5.69 Å². The van der Waals surface area contributed by atoms with E-state index in [4.69, 9.17) is 0 Å². The molecule has 2 N–H and O–H groups in total. The molecule has 4 rings (SSSR count). The summed E-state index contributed by atoms with van der Waals surface area (Å²) >= 11 is 0. The fraction of sp³-hybridized carbons (Fsp3) is 0.238. The number of piperazine rings is 1. The van der Waals surface area contributed by atoms with Gasteiger partial charge < -0.3 is 15.1 Å². The molecule has 0 radical (unpaired) electrons. The van der Waals surface area contributed by atoms with Crippen molar-refractivity contribution in [3.8, 4) is 11.3 Å². The normalized spacial score (nSPS) is 14.3. The molecule has 1 aromatic heterocycles. The molecule has 27 heavy (non-hydrogen) atoms. The van der Waals surface area contributed by atoms with Gasteiger partial charge >= 0.3 is 0 Å².